The van der Waals surface area contributed by atoms with Crippen molar-refractivity contribution >= 4 is 12.4 Å². The number of hydrogen-bond donors (Lipinski definition) is 2. The Balaban J connectivity index is 1.93. The average molecular weight is 242 g/mol. The van der Waals surface area contributed by atoms with E-state index in [2.05, 4.69) is 20.3 Å². The van der Waals surface area contributed by atoms with E-state index in [9.17, 15) is 9.59 Å². The highest BCUT2D eigenvalue weighted by Gasteiger charge is 2.36. The van der Waals surface area contributed by atoms with E-state index in [1.54, 1.807) is 0 Å². The largest absolute Gasteiger partial charge is 0.449 e. The molecule has 0 aromatic carbocycles. The Morgan fingerprint density at radius 1 is 1.53 bits per heavy atom. The number of nitrogens with zero attached hydrogens (tertiary/aromatic N) is 2. The SMILES string of the molecule is CC1(CC(=O)NCCCC[C@H](N)OC=O)N=N1. The summed E-state index contributed by atoms with van der Waals surface area (Å²) in [5.74, 6) is -0.0501. The van der Waals surface area contributed by atoms with Gasteiger partial charge < -0.3 is 10.1 Å². The van der Waals surface area contributed by atoms with Gasteiger partial charge in [0.25, 0.3) is 6.47 Å². The molecule has 1 rings (SSSR count). The maximum atomic E-state index is 11.4. The van der Waals surface area contributed by atoms with Gasteiger partial charge in [-0.15, -0.1) is 0 Å². The van der Waals surface area contributed by atoms with Crippen LogP contribution >= 0.6 is 0 Å². The van der Waals surface area contributed by atoms with Crippen molar-refractivity contribution < 1.29 is 14.3 Å². The van der Waals surface area contributed by atoms with Crippen LogP contribution in [0.3, 0.4) is 0 Å². The maximum absolute atomic E-state index is 11.4. The van der Waals surface area contributed by atoms with Crippen molar-refractivity contribution in [2.24, 2.45) is 16.0 Å². The lowest BCUT2D eigenvalue weighted by Gasteiger charge is -2.09. The fourth-order valence-corrected chi connectivity index (χ4v) is 1.36. The summed E-state index contributed by atoms with van der Waals surface area (Å²) >= 11 is 0. The van der Waals surface area contributed by atoms with Gasteiger partial charge >= 0.3 is 0 Å². The number of hydrogen-bond acceptors (Lipinski definition) is 6. The molecule has 96 valence electrons. The van der Waals surface area contributed by atoms with Gasteiger partial charge in [0.2, 0.25) is 5.91 Å². The first-order valence-electron chi connectivity index (χ1n) is 5.61. The minimum Gasteiger partial charge on any atom is -0.449 e. The minimum absolute atomic E-state index is 0.0501. The van der Waals surface area contributed by atoms with Crippen molar-refractivity contribution in [3.63, 3.8) is 0 Å². The second-order valence-corrected chi connectivity index (χ2v) is 4.21. The van der Waals surface area contributed by atoms with E-state index < -0.39 is 11.9 Å². The van der Waals surface area contributed by atoms with Crippen LogP contribution in [0.5, 0.6) is 0 Å². The Morgan fingerprint density at radius 3 is 2.82 bits per heavy atom. The lowest BCUT2D eigenvalue weighted by Crippen LogP contribution is -2.29. The zero-order valence-corrected chi connectivity index (χ0v) is 9.89. The first-order chi connectivity index (χ1) is 8.06. The number of nitrogens with two attached hydrogens (primary N) is 1. The summed E-state index contributed by atoms with van der Waals surface area (Å²) in [4.78, 5) is 21.3. The van der Waals surface area contributed by atoms with Crippen molar-refractivity contribution in [2.45, 2.75) is 44.5 Å². The number of unbranched alkanes of at least 4 members (excludes halogenated alkanes) is 1. The molecular formula is C10H18N4O3. The number of nitrogens with one attached hydrogen (secondary N) is 1. The fourth-order valence-electron chi connectivity index (χ4n) is 1.36. The Bertz CT molecular complexity index is 300. The van der Waals surface area contributed by atoms with Crippen LogP contribution in [0.4, 0.5) is 0 Å². The standard InChI is InChI=1S/C10H18N4O3/c1-10(13-14-10)6-9(16)12-5-3-2-4-8(11)17-7-15/h7-8H,2-6,11H2,1H3,(H,12,16)/t8-/m1/s1. The molecule has 1 heterocycles. The van der Waals surface area contributed by atoms with Gasteiger partial charge in [-0.3, -0.25) is 15.3 Å². The molecule has 0 spiro atoms. The second kappa shape index (κ2) is 6.29. The zero-order chi connectivity index (χ0) is 12.7. The zero-order valence-electron chi connectivity index (χ0n) is 9.89. The van der Waals surface area contributed by atoms with Gasteiger partial charge in [-0.2, -0.15) is 10.2 Å². The molecule has 7 nitrogen and oxygen atoms in total. The van der Waals surface area contributed by atoms with Crippen LogP contribution < -0.4 is 11.1 Å². The van der Waals surface area contributed by atoms with Gasteiger partial charge in [-0.1, -0.05) is 0 Å². The molecule has 17 heavy (non-hydrogen) atoms. The molecule has 0 fully saturated rings. The first kappa shape index (κ1) is 13.6. The van der Waals surface area contributed by atoms with Gasteiger partial charge in [-0.05, 0) is 26.2 Å². The summed E-state index contributed by atoms with van der Waals surface area (Å²) in [5, 5.41) is 10.3. The summed E-state index contributed by atoms with van der Waals surface area (Å²) in [5.41, 5.74) is 4.97. The van der Waals surface area contributed by atoms with E-state index in [0.29, 0.717) is 25.9 Å². The molecule has 1 atom stereocenters. The van der Waals surface area contributed by atoms with Gasteiger partial charge in [0.1, 0.15) is 0 Å². The van der Waals surface area contributed by atoms with Gasteiger partial charge in [0.15, 0.2) is 11.9 Å². The number of carbonyl (C=O) groups is 2. The number of ether oxygens (including phenoxy) is 1. The Hall–Kier alpha value is -1.50. The van der Waals surface area contributed by atoms with Crippen LogP contribution in [-0.2, 0) is 14.3 Å². The first-order valence-corrected chi connectivity index (χ1v) is 5.61. The van der Waals surface area contributed by atoms with Gasteiger partial charge in [0, 0.05) is 6.54 Å². The van der Waals surface area contributed by atoms with Crippen LogP contribution in [0.1, 0.15) is 32.6 Å². The van der Waals surface area contributed by atoms with E-state index in [1.807, 2.05) is 6.92 Å². The van der Waals surface area contributed by atoms with E-state index in [-0.39, 0.29) is 5.91 Å². The van der Waals surface area contributed by atoms with Crippen LogP contribution in [-0.4, -0.2) is 30.8 Å². The van der Waals surface area contributed by atoms with E-state index in [1.165, 1.54) is 0 Å². The summed E-state index contributed by atoms with van der Waals surface area (Å²) < 4.78 is 4.53. The van der Waals surface area contributed by atoms with Crippen molar-refractivity contribution in [3.8, 4) is 0 Å². The Morgan fingerprint density at radius 2 is 2.24 bits per heavy atom. The third-order valence-electron chi connectivity index (χ3n) is 2.40. The molecule has 0 saturated heterocycles. The Labute approximate surface area is 99.8 Å². The van der Waals surface area contributed by atoms with Crippen LogP contribution in [0.25, 0.3) is 0 Å². The highest BCUT2D eigenvalue weighted by molar-refractivity contribution is 5.77. The molecule has 0 aromatic heterocycles. The summed E-state index contributed by atoms with van der Waals surface area (Å²) in [6.07, 6.45) is 1.94. The van der Waals surface area contributed by atoms with Crippen molar-refractivity contribution in [1.29, 1.82) is 0 Å². The highest BCUT2D eigenvalue weighted by atomic mass is 16.5. The molecule has 0 unspecified atom stereocenters. The minimum atomic E-state index is -0.550. The molecule has 0 saturated carbocycles. The van der Waals surface area contributed by atoms with E-state index >= 15 is 0 Å². The molecule has 0 radical (unpaired) electrons. The van der Waals surface area contributed by atoms with Gasteiger partial charge in [-0.25, -0.2) is 0 Å². The maximum Gasteiger partial charge on any atom is 0.294 e. The lowest BCUT2D eigenvalue weighted by atomic mass is 10.2. The summed E-state index contributed by atoms with van der Waals surface area (Å²) in [7, 11) is 0. The van der Waals surface area contributed by atoms with Crippen LogP contribution in [0.2, 0.25) is 0 Å². The molecule has 1 aliphatic rings. The van der Waals surface area contributed by atoms with E-state index in [4.69, 9.17) is 5.73 Å². The topological polar surface area (TPSA) is 106 Å². The van der Waals surface area contributed by atoms with Crippen molar-refractivity contribution in [2.75, 3.05) is 6.54 Å². The normalized spacial score (nSPS) is 17.3. The van der Waals surface area contributed by atoms with Crippen molar-refractivity contribution in [3.05, 3.63) is 0 Å². The molecule has 1 aliphatic heterocycles. The third-order valence-corrected chi connectivity index (χ3v) is 2.40. The molecule has 3 N–H and O–H groups in total. The number of carbonyl (C=O) groups excluding carboxylic acids is 2. The fraction of sp³-hybridized carbons (Fsp3) is 0.800. The van der Waals surface area contributed by atoms with Crippen LogP contribution in [0, 0.1) is 0 Å². The number of amides is 1. The van der Waals surface area contributed by atoms with Gasteiger partial charge in [0.05, 0.1) is 6.42 Å². The average Bonchev–Trinajstić information content (AvgIpc) is 2.95. The molecule has 0 aromatic rings. The quantitative estimate of drug-likeness (QED) is 0.344. The van der Waals surface area contributed by atoms with Crippen LogP contribution in [0.15, 0.2) is 10.2 Å². The molecule has 0 bridgehead atoms. The molecular weight excluding hydrogens is 224 g/mol. The number of rotatable bonds is 9. The third kappa shape index (κ3) is 5.96. The second-order valence-electron chi connectivity index (χ2n) is 4.21. The highest BCUT2D eigenvalue weighted by Crippen LogP contribution is 2.30. The van der Waals surface area contributed by atoms with E-state index in [0.717, 1.165) is 12.8 Å². The summed E-state index contributed by atoms with van der Waals surface area (Å²) in [6.45, 7) is 2.74. The molecule has 1 amide bonds. The predicted octanol–water partition coefficient (Wildman–Crippen LogP) is 0.303. The monoisotopic (exact) mass is 242 g/mol. The van der Waals surface area contributed by atoms with Crippen molar-refractivity contribution in [1.82, 2.24) is 5.32 Å². The Kier molecular flexibility index (Phi) is 5.02. The smallest absolute Gasteiger partial charge is 0.294 e. The summed E-state index contributed by atoms with van der Waals surface area (Å²) in [6, 6.07) is 0. The lowest BCUT2D eigenvalue weighted by molar-refractivity contribution is -0.133. The predicted molar refractivity (Wildman–Crippen MR) is 59.9 cm³/mol. The molecule has 7 heteroatoms. The molecule has 0 aliphatic carbocycles.